The quantitative estimate of drug-likeness (QED) is 0.724. The Morgan fingerprint density at radius 1 is 1.06 bits per heavy atom. The smallest absolute Gasteiger partial charge is 0.225 e. The Morgan fingerprint density at radius 3 is 2.31 bits per heavy atom. The third-order valence-electron chi connectivity index (χ3n) is 4.51. The van der Waals surface area contributed by atoms with Gasteiger partial charge in [0, 0.05) is 19.0 Å². The minimum Gasteiger partial charge on any atom is -0.342 e. The molecule has 1 amide bonds. The molecule has 0 radical (unpaired) electrons. The lowest BCUT2D eigenvalue weighted by atomic mass is 9.85. The van der Waals surface area contributed by atoms with Crippen LogP contribution >= 0.6 is 0 Å². The van der Waals surface area contributed by atoms with Gasteiger partial charge in [-0.2, -0.15) is 0 Å². The fourth-order valence-corrected chi connectivity index (χ4v) is 3.72. The summed E-state index contributed by atoms with van der Waals surface area (Å²) < 4.78 is 0. The molecule has 16 heavy (non-hydrogen) atoms. The zero-order valence-electron chi connectivity index (χ0n) is 9.95. The van der Waals surface area contributed by atoms with Gasteiger partial charge in [0.05, 0.1) is 0 Å². The van der Waals surface area contributed by atoms with Gasteiger partial charge in [-0.15, -0.1) is 0 Å². The molecule has 2 bridgehead atoms. The number of carbonyl (C=O) groups is 1. The van der Waals surface area contributed by atoms with Crippen molar-refractivity contribution < 1.29 is 4.79 Å². The Labute approximate surface area is 97.6 Å². The van der Waals surface area contributed by atoms with Crippen LogP contribution in [0.15, 0.2) is 0 Å². The number of hydrogen-bond acceptors (Lipinski definition) is 2. The molecule has 1 N–H and O–H groups in total. The van der Waals surface area contributed by atoms with Gasteiger partial charge in [0.25, 0.3) is 0 Å². The number of carbonyl (C=O) groups excluding carboxylic acids is 1. The molecule has 0 spiro atoms. The standard InChI is InChI=1S/C13H22N2O/c16-13(12-3-1-2-4-12)15-8-10-5-11(9-15)7-14-6-10/h10-12,14H,1-9H2. The van der Waals surface area contributed by atoms with E-state index in [9.17, 15) is 4.79 Å². The van der Waals surface area contributed by atoms with Crippen molar-refractivity contribution in [1.29, 1.82) is 0 Å². The third kappa shape index (κ3) is 1.97. The van der Waals surface area contributed by atoms with E-state index < -0.39 is 0 Å². The van der Waals surface area contributed by atoms with Crippen LogP contribution in [0.1, 0.15) is 32.1 Å². The number of likely N-dealkylation sites (tertiary alicyclic amines) is 1. The molecule has 0 aromatic rings. The Morgan fingerprint density at radius 2 is 1.69 bits per heavy atom. The van der Waals surface area contributed by atoms with Crippen LogP contribution in [0.4, 0.5) is 0 Å². The number of amides is 1. The lowest BCUT2D eigenvalue weighted by molar-refractivity contribution is -0.138. The summed E-state index contributed by atoms with van der Waals surface area (Å²) in [6.45, 7) is 4.26. The molecule has 1 saturated carbocycles. The number of nitrogens with one attached hydrogen (secondary N) is 1. The van der Waals surface area contributed by atoms with Crippen LogP contribution in [0.3, 0.4) is 0 Å². The first-order valence-corrected chi connectivity index (χ1v) is 6.82. The number of piperidine rings is 2. The molecule has 3 fully saturated rings. The first kappa shape index (κ1) is 10.6. The summed E-state index contributed by atoms with van der Waals surface area (Å²) in [5, 5.41) is 3.48. The molecule has 2 aliphatic heterocycles. The van der Waals surface area contributed by atoms with E-state index in [4.69, 9.17) is 0 Å². The van der Waals surface area contributed by atoms with Crippen LogP contribution < -0.4 is 5.32 Å². The average molecular weight is 222 g/mol. The zero-order chi connectivity index (χ0) is 11.0. The Balaban J connectivity index is 1.63. The summed E-state index contributed by atoms with van der Waals surface area (Å²) in [5.74, 6) is 2.27. The normalized spacial score (nSPS) is 35.4. The Bertz CT molecular complexity index is 261. The third-order valence-corrected chi connectivity index (χ3v) is 4.51. The van der Waals surface area contributed by atoms with Crippen LogP contribution in [0.5, 0.6) is 0 Å². The maximum absolute atomic E-state index is 12.3. The van der Waals surface area contributed by atoms with Gasteiger partial charge in [-0.1, -0.05) is 12.8 Å². The van der Waals surface area contributed by atoms with Crippen LogP contribution in [0.2, 0.25) is 0 Å². The summed E-state index contributed by atoms with van der Waals surface area (Å²) in [5.41, 5.74) is 0. The lowest BCUT2D eigenvalue weighted by Crippen LogP contribution is -2.53. The maximum Gasteiger partial charge on any atom is 0.225 e. The highest BCUT2D eigenvalue weighted by Gasteiger charge is 2.35. The minimum absolute atomic E-state index is 0.367. The summed E-state index contributed by atoms with van der Waals surface area (Å²) >= 11 is 0. The molecule has 90 valence electrons. The van der Waals surface area contributed by atoms with E-state index >= 15 is 0 Å². The first-order valence-electron chi connectivity index (χ1n) is 6.82. The molecule has 0 aromatic carbocycles. The molecule has 2 saturated heterocycles. The van der Waals surface area contributed by atoms with Crippen LogP contribution in [0.25, 0.3) is 0 Å². The first-order chi connectivity index (χ1) is 7.83. The molecular formula is C13H22N2O. The molecule has 2 heterocycles. The second-order valence-electron chi connectivity index (χ2n) is 5.85. The van der Waals surface area contributed by atoms with E-state index in [-0.39, 0.29) is 0 Å². The molecule has 3 nitrogen and oxygen atoms in total. The zero-order valence-corrected chi connectivity index (χ0v) is 9.95. The molecule has 2 unspecified atom stereocenters. The number of fused-ring (bicyclic) bond motifs is 2. The molecule has 1 aliphatic carbocycles. The Hall–Kier alpha value is -0.570. The molecule has 2 atom stereocenters. The van der Waals surface area contributed by atoms with E-state index in [2.05, 4.69) is 10.2 Å². The van der Waals surface area contributed by atoms with Crippen LogP contribution in [-0.4, -0.2) is 37.0 Å². The monoisotopic (exact) mass is 222 g/mol. The molecular weight excluding hydrogens is 200 g/mol. The van der Waals surface area contributed by atoms with Gasteiger partial charge in [0.2, 0.25) is 5.91 Å². The summed E-state index contributed by atoms with van der Waals surface area (Å²) in [6.07, 6.45) is 6.14. The highest BCUT2D eigenvalue weighted by Crippen LogP contribution is 2.30. The summed E-state index contributed by atoms with van der Waals surface area (Å²) in [7, 11) is 0. The van der Waals surface area contributed by atoms with Gasteiger partial charge in [-0.3, -0.25) is 4.79 Å². The van der Waals surface area contributed by atoms with Crippen molar-refractivity contribution >= 4 is 5.91 Å². The van der Waals surface area contributed by atoms with Crippen molar-refractivity contribution in [3.05, 3.63) is 0 Å². The van der Waals surface area contributed by atoms with Crippen molar-refractivity contribution in [3.8, 4) is 0 Å². The lowest BCUT2D eigenvalue weighted by Gasteiger charge is -2.42. The number of rotatable bonds is 1. The van der Waals surface area contributed by atoms with Gasteiger partial charge in [-0.25, -0.2) is 0 Å². The highest BCUT2D eigenvalue weighted by atomic mass is 16.2. The van der Waals surface area contributed by atoms with Gasteiger partial charge >= 0.3 is 0 Å². The fraction of sp³-hybridized carbons (Fsp3) is 0.923. The van der Waals surface area contributed by atoms with Crippen LogP contribution in [0, 0.1) is 17.8 Å². The minimum atomic E-state index is 0.367. The molecule has 3 aliphatic rings. The van der Waals surface area contributed by atoms with Crippen molar-refractivity contribution in [3.63, 3.8) is 0 Å². The Kier molecular flexibility index (Phi) is 2.88. The van der Waals surface area contributed by atoms with Crippen molar-refractivity contribution in [2.75, 3.05) is 26.2 Å². The van der Waals surface area contributed by atoms with Crippen molar-refractivity contribution in [1.82, 2.24) is 10.2 Å². The van der Waals surface area contributed by atoms with Crippen molar-refractivity contribution in [2.24, 2.45) is 17.8 Å². The predicted octanol–water partition coefficient (Wildman–Crippen LogP) is 1.24. The van der Waals surface area contributed by atoms with Gasteiger partial charge < -0.3 is 10.2 Å². The van der Waals surface area contributed by atoms with Gasteiger partial charge in [0.15, 0.2) is 0 Å². The van der Waals surface area contributed by atoms with Gasteiger partial charge in [-0.05, 0) is 44.2 Å². The summed E-state index contributed by atoms with van der Waals surface area (Å²) in [4.78, 5) is 14.5. The number of hydrogen-bond donors (Lipinski definition) is 1. The molecule has 3 rings (SSSR count). The number of nitrogens with zero attached hydrogens (tertiary/aromatic N) is 1. The van der Waals surface area contributed by atoms with E-state index in [1.54, 1.807) is 0 Å². The van der Waals surface area contributed by atoms with E-state index in [0.29, 0.717) is 11.8 Å². The van der Waals surface area contributed by atoms with Gasteiger partial charge in [0.1, 0.15) is 0 Å². The van der Waals surface area contributed by atoms with E-state index in [1.165, 1.54) is 19.3 Å². The van der Waals surface area contributed by atoms with E-state index in [0.717, 1.165) is 50.9 Å². The second-order valence-corrected chi connectivity index (χ2v) is 5.85. The predicted molar refractivity (Wildman–Crippen MR) is 63.0 cm³/mol. The van der Waals surface area contributed by atoms with Crippen LogP contribution in [-0.2, 0) is 4.79 Å². The highest BCUT2D eigenvalue weighted by molar-refractivity contribution is 5.79. The fourth-order valence-electron chi connectivity index (χ4n) is 3.72. The average Bonchev–Trinajstić information content (AvgIpc) is 2.81. The largest absolute Gasteiger partial charge is 0.342 e. The topological polar surface area (TPSA) is 32.3 Å². The van der Waals surface area contributed by atoms with E-state index in [1.807, 2.05) is 0 Å². The second kappa shape index (κ2) is 4.36. The van der Waals surface area contributed by atoms with Crippen molar-refractivity contribution in [2.45, 2.75) is 32.1 Å². The SMILES string of the molecule is O=C(C1CCCC1)N1CC2CNCC(C2)C1. The summed E-state index contributed by atoms with van der Waals surface area (Å²) in [6, 6.07) is 0. The molecule has 0 aromatic heterocycles. The molecule has 3 heteroatoms. The maximum atomic E-state index is 12.3.